The van der Waals surface area contributed by atoms with E-state index in [4.69, 9.17) is 5.73 Å². The number of H-pyrrole nitrogens is 1. The number of benzene rings is 1. The summed E-state index contributed by atoms with van der Waals surface area (Å²) in [5.74, 6) is 0.191. The number of hydrogen-bond acceptors (Lipinski definition) is 3. The number of anilines is 1. The van der Waals surface area contributed by atoms with Crippen molar-refractivity contribution in [2.24, 2.45) is 11.7 Å². The van der Waals surface area contributed by atoms with Crippen LogP contribution < -0.4 is 11.1 Å². The summed E-state index contributed by atoms with van der Waals surface area (Å²) in [6.07, 6.45) is 7.93. The molecule has 0 radical (unpaired) electrons. The minimum atomic E-state index is -0.466. The molecule has 6 heteroatoms. The number of nitrogens with two attached hydrogens (primary N) is 1. The van der Waals surface area contributed by atoms with Gasteiger partial charge in [0.2, 0.25) is 0 Å². The fourth-order valence-corrected chi connectivity index (χ4v) is 3.73. The molecule has 1 atom stereocenters. The molecule has 0 bridgehead atoms. The first kappa shape index (κ1) is 15.9. The Kier molecular flexibility index (Phi) is 3.47. The standard InChI is InChI=1S/C21H21N5O/c1-12(13-2-3-13)25-20-17(21(22)27)10-24-26-11-16(9-19(20)26)14-4-5-18-15(8-14)6-7-23-18/h4-13,23,25H,2-3H2,1H3,(H2,22,27)/t12-/m1/s1. The quantitative estimate of drug-likeness (QED) is 0.506. The van der Waals surface area contributed by atoms with Crippen LogP contribution in [0.15, 0.2) is 48.9 Å². The predicted octanol–water partition coefficient (Wildman–Crippen LogP) is 3.79. The molecule has 0 spiro atoms. The van der Waals surface area contributed by atoms with Gasteiger partial charge in [0.15, 0.2) is 0 Å². The zero-order valence-corrected chi connectivity index (χ0v) is 15.1. The molecule has 136 valence electrons. The van der Waals surface area contributed by atoms with Crippen LogP contribution in [0.25, 0.3) is 27.5 Å². The topological polar surface area (TPSA) is 88.2 Å². The van der Waals surface area contributed by atoms with Gasteiger partial charge in [-0.1, -0.05) is 6.07 Å². The van der Waals surface area contributed by atoms with Crippen LogP contribution in [-0.2, 0) is 0 Å². The fraction of sp³-hybridized carbons (Fsp3) is 0.238. The number of rotatable bonds is 5. The monoisotopic (exact) mass is 359 g/mol. The normalized spacial score (nSPS) is 15.3. The first-order chi connectivity index (χ1) is 13.1. The lowest BCUT2D eigenvalue weighted by atomic mass is 10.1. The van der Waals surface area contributed by atoms with E-state index in [0.29, 0.717) is 17.5 Å². The van der Waals surface area contributed by atoms with E-state index in [2.05, 4.69) is 52.7 Å². The molecule has 3 heterocycles. The maximum atomic E-state index is 12.0. The van der Waals surface area contributed by atoms with E-state index in [-0.39, 0.29) is 0 Å². The second-order valence-corrected chi connectivity index (χ2v) is 7.41. The SMILES string of the molecule is C[C@@H](Nc1c(C(N)=O)cnn2cc(-c3ccc4[nH]ccc4c3)cc12)C1CC1. The zero-order chi connectivity index (χ0) is 18.5. The fourth-order valence-electron chi connectivity index (χ4n) is 3.73. The molecule has 4 aromatic rings. The van der Waals surface area contributed by atoms with Crippen molar-refractivity contribution >= 4 is 28.0 Å². The Hall–Kier alpha value is -3.28. The molecule has 0 aliphatic heterocycles. The molecule has 1 amide bonds. The molecule has 4 N–H and O–H groups in total. The number of aromatic amines is 1. The molecule has 1 aliphatic rings. The number of fused-ring (bicyclic) bond motifs is 2. The van der Waals surface area contributed by atoms with Crippen LogP contribution >= 0.6 is 0 Å². The summed E-state index contributed by atoms with van der Waals surface area (Å²) in [5.41, 5.74) is 10.9. The lowest BCUT2D eigenvalue weighted by Crippen LogP contribution is -2.22. The van der Waals surface area contributed by atoms with E-state index in [0.717, 1.165) is 33.2 Å². The Morgan fingerprint density at radius 2 is 2.15 bits per heavy atom. The van der Waals surface area contributed by atoms with Crippen LogP contribution in [0.3, 0.4) is 0 Å². The summed E-state index contributed by atoms with van der Waals surface area (Å²) < 4.78 is 1.81. The molecular weight excluding hydrogens is 338 g/mol. The third-order valence-electron chi connectivity index (χ3n) is 5.49. The molecule has 3 aromatic heterocycles. The Morgan fingerprint density at radius 3 is 2.93 bits per heavy atom. The molecule has 5 rings (SSSR count). The second-order valence-electron chi connectivity index (χ2n) is 7.41. The van der Waals surface area contributed by atoms with Gasteiger partial charge >= 0.3 is 0 Å². The number of carbonyl (C=O) groups is 1. The van der Waals surface area contributed by atoms with Crippen molar-refractivity contribution in [3.63, 3.8) is 0 Å². The van der Waals surface area contributed by atoms with Gasteiger partial charge < -0.3 is 16.0 Å². The number of primary amides is 1. The molecular formula is C21H21N5O. The maximum absolute atomic E-state index is 12.0. The minimum absolute atomic E-state index is 0.295. The molecule has 1 saturated carbocycles. The highest BCUT2D eigenvalue weighted by Gasteiger charge is 2.29. The minimum Gasteiger partial charge on any atom is -0.380 e. The van der Waals surface area contributed by atoms with Gasteiger partial charge in [-0.3, -0.25) is 4.79 Å². The molecule has 1 aromatic carbocycles. The number of aromatic nitrogens is 3. The molecule has 0 unspecified atom stereocenters. The lowest BCUT2D eigenvalue weighted by molar-refractivity contribution is 0.100. The van der Waals surface area contributed by atoms with Crippen LogP contribution in [0.1, 0.15) is 30.1 Å². The Balaban J connectivity index is 1.64. The summed E-state index contributed by atoms with van der Waals surface area (Å²) in [4.78, 5) is 15.2. The predicted molar refractivity (Wildman–Crippen MR) is 107 cm³/mol. The van der Waals surface area contributed by atoms with Crippen LogP contribution in [-0.4, -0.2) is 26.5 Å². The van der Waals surface area contributed by atoms with Crippen molar-refractivity contribution in [1.82, 2.24) is 14.6 Å². The smallest absolute Gasteiger partial charge is 0.252 e. The van der Waals surface area contributed by atoms with Crippen LogP contribution in [0.4, 0.5) is 5.69 Å². The summed E-state index contributed by atoms with van der Waals surface area (Å²) in [7, 11) is 0. The van der Waals surface area contributed by atoms with Crippen LogP contribution in [0, 0.1) is 5.92 Å². The summed E-state index contributed by atoms with van der Waals surface area (Å²) in [5, 5.41) is 9.08. The van der Waals surface area contributed by atoms with Crippen LogP contribution in [0.5, 0.6) is 0 Å². The molecule has 1 fully saturated rings. The van der Waals surface area contributed by atoms with Crippen molar-refractivity contribution in [2.45, 2.75) is 25.8 Å². The molecule has 6 nitrogen and oxygen atoms in total. The maximum Gasteiger partial charge on any atom is 0.252 e. The van der Waals surface area contributed by atoms with E-state index in [1.54, 1.807) is 6.20 Å². The highest BCUT2D eigenvalue weighted by atomic mass is 16.1. The van der Waals surface area contributed by atoms with Crippen molar-refractivity contribution in [3.8, 4) is 11.1 Å². The Morgan fingerprint density at radius 1 is 1.30 bits per heavy atom. The van der Waals surface area contributed by atoms with Crippen molar-refractivity contribution in [3.05, 3.63) is 54.5 Å². The lowest BCUT2D eigenvalue weighted by Gasteiger charge is -2.17. The Labute approximate surface area is 156 Å². The van der Waals surface area contributed by atoms with Gasteiger partial charge in [0.1, 0.15) is 0 Å². The number of nitrogens with zero attached hydrogens (tertiary/aromatic N) is 2. The number of carbonyl (C=O) groups excluding carboxylic acids is 1. The first-order valence-corrected chi connectivity index (χ1v) is 9.25. The Bertz CT molecular complexity index is 1170. The van der Waals surface area contributed by atoms with E-state index >= 15 is 0 Å². The third-order valence-corrected chi connectivity index (χ3v) is 5.49. The van der Waals surface area contributed by atoms with E-state index in [1.807, 2.05) is 16.9 Å². The number of hydrogen-bond donors (Lipinski definition) is 3. The summed E-state index contributed by atoms with van der Waals surface area (Å²) in [6, 6.07) is 10.7. The van der Waals surface area contributed by atoms with E-state index in [1.165, 1.54) is 12.8 Å². The first-order valence-electron chi connectivity index (χ1n) is 9.25. The van der Waals surface area contributed by atoms with E-state index < -0.39 is 5.91 Å². The average Bonchev–Trinajstić information content (AvgIpc) is 3.24. The number of amides is 1. The van der Waals surface area contributed by atoms with Gasteiger partial charge in [0, 0.05) is 29.5 Å². The largest absolute Gasteiger partial charge is 0.380 e. The summed E-state index contributed by atoms with van der Waals surface area (Å²) in [6.45, 7) is 2.16. The second kappa shape index (κ2) is 5.87. The van der Waals surface area contributed by atoms with E-state index in [9.17, 15) is 4.79 Å². The van der Waals surface area contributed by atoms with Gasteiger partial charge in [-0.2, -0.15) is 5.10 Å². The van der Waals surface area contributed by atoms with Gasteiger partial charge in [0.05, 0.1) is 23.0 Å². The molecule has 1 aliphatic carbocycles. The van der Waals surface area contributed by atoms with Gasteiger partial charge in [0.25, 0.3) is 5.91 Å². The van der Waals surface area contributed by atoms with Gasteiger partial charge in [-0.15, -0.1) is 0 Å². The van der Waals surface area contributed by atoms with Crippen molar-refractivity contribution in [2.75, 3.05) is 5.32 Å². The summed E-state index contributed by atoms with van der Waals surface area (Å²) >= 11 is 0. The zero-order valence-electron chi connectivity index (χ0n) is 15.1. The molecule has 27 heavy (non-hydrogen) atoms. The third kappa shape index (κ3) is 2.73. The highest BCUT2D eigenvalue weighted by molar-refractivity contribution is 6.02. The average molecular weight is 359 g/mol. The van der Waals surface area contributed by atoms with Crippen molar-refractivity contribution in [1.29, 1.82) is 0 Å². The number of nitrogens with one attached hydrogen (secondary N) is 2. The molecule has 0 saturated heterocycles. The highest BCUT2D eigenvalue weighted by Crippen LogP contribution is 2.36. The van der Waals surface area contributed by atoms with Crippen molar-refractivity contribution < 1.29 is 4.79 Å². The van der Waals surface area contributed by atoms with Gasteiger partial charge in [-0.25, -0.2) is 4.52 Å². The van der Waals surface area contributed by atoms with Crippen LogP contribution in [0.2, 0.25) is 0 Å². The van der Waals surface area contributed by atoms with Gasteiger partial charge in [-0.05, 0) is 60.9 Å².